The normalized spacial score (nSPS) is 17.8. The lowest BCUT2D eigenvalue weighted by Crippen LogP contribution is -2.29. The summed E-state index contributed by atoms with van der Waals surface area (Å²) >= 11 is 0. The van der Waals surface area contributed by atoms with Gasteiger partial charge < -0.3 is 9.88 Å². The molecule has 0 spiro atoms. The van der Waals surface area contributed by atoms with E-state index < -0.39 is 0 Å². The minimum Gasteiger partial charge on any atom is -0.358 e. The van der Waals surface area contributed by atoms with Crippen LogP contribution in [0.15, 0.2) is 42.7 Å². The Labute approximate surface area is 148 Å². The standard InChI is InChI=1S/C21H22N4/c1-15-3-2-7-25(15)8-6-20-11-18-10-17(4-5-21(18)24-20)19-9-16(12-22)13-23-14-19/h4-5,9-11,13-15,24H,2-3,6-8H2,1H3/t15-/m1/s1. The molecule has 0 bridgehead atoms. The zero-order valence-electron chi connectivity index (χ0n) is 14.5. The van der Waals surface area contributed by atoms with Crippen LogP contribution in [0.4, 0.5) is 0 Å². The van der Waals surface area contributed by atoms with Crippen LogP contribution in [-0.4, -0.2) is 34.0 Å². The second-order valence-corrected chi connectivity index (χ2v) is 6.95. The molecule has 126 valence electrons. The van der Waals surface area contributed by atoms with Crippen LogP contribution in [0, 0.1) is 11.3 Å². The van der Waals surface area contributed by atoms with Gasteiger partial charge in [-0.25, -0.2) is 0 Å². The molecule has 1 N–H and O–H groups in total. The van der Waals surface area contributed by atoms with Gasteiger partial charge in [0.15, 0.2) is 0 Å². The Morgan fingerprint density at radius 2 is 2.16 bits per heavy atom. The molecule has 3 heterocycles. The average molecular weight is 330 g/mol. The molecule has 1 aliphatic rings. The minimum absolute atomic E-state index is 0.590. The van der Waals surface area contributed by atoms with Crippen molar-refractivity contribution in [2.24, 2.45) is 0 Å². The number of benzene rings is 1. The summed E-state index contributed by atoms with van der Waals surface area (Å²) in [5.41, 5.74) is 5.12. The first-order valence-electron chi connectivity index (χ1n) is 8.94. The fraction of sp³-hybridized carbons (Fsp3) is 0.333. The molecule has 0 amide bonds. The summed E-state index contributed by atoms with van der Waals surface area (Å²) in [5, 5.41) is 10.3. The number of likely N-dealkylation sites (tertiary alicyclic amines) is 1. The van der Waals surface area contributed by atoms with Crippen molar-refractivity contribution in [2.75, 3.05) is 13.1 Å². The van der Waals surface area contributed by atoms with Crippen LogP contribution < -0.4 is 0 Å². The molecule has 0 unspecified atom stereocenters. The Morgan fingerprint density at radius 1 is 1.24 bits per heavy atom. The number of pyridine rings is 1. The molecule has 3 aromatic rings. The van der Waals surface area contributed by atoms with E-state index in [1.807, 2.05) is 12.3 Å². The van der Waals surface area contributed by atoms with Gasteiger partial charge in [-0.1, -0.05) is 6.07 Å². The lowest BCUT2D eigenvalue weighted by Gasteiger charge is -2.20. The molecule has 2 aromatic heterocycles. The molecule has 4 heteroatoms. The van der Waals surface area contributed by atoms with Crippen LogP contribution in [0.5, 0.6) is 0 Å². The van der Waals surface area contributed by atoms with Crippen molar-refractivity contribution in [3.05, 3.63) is 54.0 Å². The van der Waals surface area contributed by atoms with Crippen LogP contribution in [0.25, 0.3) is 22.0 Å². The van der Waals surface area contributed by atoms with E-state index in [0.29, 0.717) is 5.56 Å². The molecule has 25 heavy (non-hydrogen) atoms. The molecule has 1 aliphatic heterocycles. The predicted molar refractivity (Wildman–Crippen MR) is 100 cm³/mol. The number of rotatable bonds is 4. The van der Waals surface area contributed by atoms with E-state index in [9.17, 15) is 0 Å². The monoisotopic (exact) mass is 330 g/mol. The van der Waals surface area contributed by atoms with E-state index >= 15 is 0 Å². The van der Waals surface area contributed by atoms with Gasteiger partial charge in [0.2, 0.25) is 0 Å². The van der Waals surface area contributed by atoms with Crippen molar-refractivity contribution in [2.45, 2.75) is 32.2 Å². The number of nitrogens with zero attached hydrogens (tertiary/aromatic N) is 3. The minimum atomic E-state index is 0.590. The Hall–Kier alpha value is -2.64. The Balaban J connectivity index is 1.55. The molecule has 1 fully saturated rings. The molecule has 1 atom stereocenters. The summed E-state index contributed by atoms with van der Waals surface area (Å²) in [7, 11) is 0. The summed E-state index contributed by atoms with van der Waals surface area (Å²) in [5.74, 6) is 0. The maximum Gasteiger partial charge on any atom is 0.101 e. The van der Waals surface area contributed by atoms with Gasteiger partial charge in [-0.05, 0) is 56.1 Å². The van der Waals surface area contributed by atoms with Gasteiger partial charge >= 0.3 is 0 Å². The Morgan fingerprint density at radius 3 is 2.96 bits per heavy atom. The van der Waals surface area contributed by atoms with Crippen LogP contribution in [0.1, 0.15) is 31.0 Å². The zero-order chi connectivity index (χ0) is 17.2. The summed E-state index contributed by atoms with van der Waals surface area (Å²) < 4.78 is 0. The zero-order valence-corrected chi connectivity index (χ0v) is 14.5. The summed E-state index contributed by atoms with van der Waals surface area (Å²) in [6.45, 7) is 4.68. The number of nitrogens with one attached hydrogen (secondary N) is 1. The molecule has 0 radical (unpaired) electrons. The molecular formula is C21H22N4. The topological polar surface area (TPSA) is 55.7 Å². The van der Waals surface area contributed by atoms with Crippen LogP contribution in [-0.2, 0) is 6.42 Å². The van der Waals surface area contributed by atoms with Crippen LogP contribution in [0.2, 0.25) is 0 Å². The van der Waals surface area contributed by atoms with Crippen molar-refractivity contribution in [1.29, 1.82) is 5.26 Å². The van der Waals surface area contributed by atoms with Crippen molar-refractivity contribution in [1.82, 2.24) is 14.9 Å². The predicted octanol–water partition coefficient (Wildman–Crippen LogP) is 4.13. The molecule has 1 saturated heterocycles. The first-order valence-corrected chi connectivity index (χ1v) is 8.94. The van der Waals surface area contributed by atoms with Gasteiger partial charge in [0.1, 0.15) is 6.07 Å². The SMILES string of the molecule is C[C@@H]1CCCN1CCc1cc2cc(-c3cncc(C#N)c3)ccc2[nH]1. The lowest BCUT2D eigenvalue weighted by molar-refractivity contribution is 0.271. The molecule has 0 aliphatic carbocycles. The molecule has 4 nitrogen and oxygen atoms in total. The third-order valence-electron chi connectivity index (χ3n) is 5.24. The number of hydrogen-bond donors (Lipinski definition) is 1. The van der Waals surface area contributed by atoms with Crippen LogP contribution >= 0.6 is 0 Å². The number of aromatic nitrogens is 2. The third kappa shape index (κ3) is 3.29. The van der Waals surface area contributed by atoms with E-state index in [-0.39, 0.29) is 0 Å². The first kappa shape index (κ1) is 15.9. The largest absolute Gasteiger partial charge is 0.358 e. The number of hydrogen-bond acceptors (Lipinski definition) is 3. The number of H-pyrrole nitrogens is 1. The van der Waals surface area contributed by atoms with Gasteiger partial charge in [-0.15, -0.1) is 0 Å². The molecule has 1 aromatic carbocycles. The Kier molecular flexibility index (Phi) is 4.25. The van der Waals surface area contributed by atoms with Crippen molar-refractivity contribution < 1.29 is 0 Å². The summed E-state index contributed by atoms with van der Waals surface area (Å²) in [6.07, 6.45) is 7.11. The van der Waals surface area contributed by atoms with E-state index in [4.69, 9.17) is 5.26 Å². The first-order chi connectivity index (χ1) is 12.2. The maximum atomic E-state index is 9.05. The second kappa shape index (κ2) is 6.70. The number of aromatic amines is 1. The van der Waals surface area contributed by atoms with Crippen molar-refractivity contribution in [3.63, 3.8) is 0 Å². The van der Waals surface area contributed by atoms with Gasteiger partial charge in [0.05, 0.1) is 5.56 Å². The highest BCUT2D eigenvalue weighted by atomic mass is 15.2. The van der Waals surface area contributed by atoms with E-state index in [2.05, 4.69) is 52.1 Å². The second-order valence-electron chi connectivity index (χ2n) is 6.95. The highest BCUT2D eigenvalue weighted by Gasteiger charge is 2.19. The van der Waals surface area contributed by atoms with E-state index in [0.717, 1.165) is 35.7 Å². The third-order valence-corrected chi connectivity index (χ3v) is 5.24. The van der Waals surface area contributed by atoms with Crippen molar-refractivity contribution in [3.8, 4) is 17.2 Å². The molecular weight excluding hydrogens is 308 g/mol. The maximum absolute atomic E-state index is 9.05. The van der Waals surface area contributed by atoms with E-state index in [1.54, 1.807) is 6.20 Å². The lowest BCUT2D eigenvalue weighted by atomic mass is 10.0. The molecule has 0 saturated carbocycles. The van der Waals surface area contributed by atoms with Crippen molar-refractivity contribution >= 4 is 10.9 Å². The van der Waals surface area contributed by atoms with E-state index in [1.165, 1.54) is 30.5 Å². The fourth-order valence-electron chi connectivity index (χ4n) is 3.75. The molecule has 4 rings (SSSR count). The van der Waals surface area contributed by atoms with Gasteiger partial charge in [0, 0.05) is 53.6 Å². The van der Waals surface area contributed by atoms with Gasteiger partial charge in [0.25, 0.3) is 0 Å². The number of fused-ring (bicyclic) bond motifs is 1. The smallest absolute Gasteiger partial charge is 0.101 e. The quantitative estimate of drug-likeness (QED) is 0.782. The number of nitriles is 1. The Bertz CT molecular complexity index is 934. The fourth-order valence-corrected chi connectivity index (χ4v) is 3.75. The van der Waals surface area contributed by atoms with Crippen LogP contribution in [0.3, 0.4) is 0 Å². The summed E-state index contributed by atoms with van der Waals surface area (Å²) in [6, 6.07) is 13.4. The van der Waals surface area contributed by atoms with Gasteiger partial charge in [-0.3, -0.25) is 4.98 Å². The highest BCUT2D eigenvalue weighted by Crippen LogP contribution is 2.25. The highest BCUT2D eigenvalue weighted by molar-refractivity contribution is 5.85. The van der Waals surface area contributed by atoms with Gasteiger partial charge in [-0.2, -0.15) is 5.26 Å². The summed E-state index contributed by atoms with van der Waals surface area (Å²) in [4.78, 5) is 10.3. The average Bonchev–Trinajstić information content (AvgIpc) is 3.24.